The number of rotatable bonds is 7. The zero-order valence-corrected chi connectivity index (χ0v) is 15.9. The summed E-state index contributed by atoms with van der Waals surface area (Å²) >= 11 is 0. The van der Waals surface area contributed by atoms with Gasteiger partial charge in [0.2, 0.25) is 5.91 Å². The summed E-state index contributed by atoms with van der Waals surface area (Å²) in [7, 11) is 1.30. The second-order valence-corrected chi connectivity index (χ2v) is 6.09. The van der Waals surface area contributed by atoms with Gasteiger partial charge in [-0.25, -0.2) is 9.78 Å². The van der Waals surface area contributed by atoms with E-state index in [1.807, 2.05) is 54.6 Å². The Kier molecular flexibility index (Phi) is 6.73. The molecule has 0 saturated heterocycles. The van der Waals surface area contributed by atoms with Crippen LogP contribution in [0.15, 0.2) is 79.0 Å². The van der Waals surface area contributed by atoms with Crippen LogP contribution in [0.3, 0.4) is 0 Å². The molecule has 146 valence electrons. The third-order valence-corrected chi connectivity index (χ3v) is 3.99. The molecule has 0 aliphatic carbocycles. The molecule has 0 unspecified atom stereocenters. The lowest BCUT2D eigenvalue weighted by Gasteiger charge is -2.06. The first-order chi connectivity index (χ1) is 14.1. The van der Waals surface area contributed by atoms with Crippen LogP contribution >= 0.6 is 0 Å². The van der Waals surface area contributed by atoms with Crippen LogP contribution in [-0.4, -0.2) is 24.0 Å². The highest BCUT2D eigenvalue weighted by atomic mass is 16.5. The van der Waals surface area contributed by atoms with Crippen molar-refractivity contribution < 1.29 is 19.1 Å². The fraction of sp³-hybridized carbons (Fsp3) is 0.0870. The second-order valence-electron chi connectivity index (χ2n) is 6.09. The molecule has 1 heterocycles. The Labute approximate surface area is 168 Å². The van der Waals surface area contributed by atoms with E-state index in [1.165, 1.54) is 31.5 Å². The number of esters is 1. The van der Waals surface area contributed by atoms with E-state index in [2.05, 4.69) is 15.0 Å². The van der Waals surface area contributed by atoms with E-state index in [9.17, 15) is 9.59 Å². The van der Waals surface area contributed by atoms with Crippen LogP contribution in [0.4, 0.5) is 5.82 Å². The van der Waals surface area contributed by atoms with Gasteiger partial charge in [-0.05, 0) is 41.5 Å². The van der Waals surface area contributed by atoms with Gasteiger partial charge in [-0.1, -0.05) is 42.5 Å². The molecule has 0 fully saturated rings. The number of benzene rings is 2. The Morgan fingerprint density at radius 2 is 1.76 bits per heavy atom. The molecule has 1 N–H and O–H groups in total. The molecular formula is C23H20N2O4. The molecule has 29 heavy (non-hydrogen) atoms. The van der Waals surface area contributed by atoms with Crippen LogP contribution < -0.4 is 10.1 Å². The van der Waals surface area contributed by atoms with Gasteiger partial charge in [0.05, 0.1) is 12.7 Å². The standard InChI is InChI=1S/C23H20N2O4/c1-28-23(27)19-10-13-21(24-15-19)25-22(26)14-9-17-7-11-20(12-8-17)29-16-18-5-3-2-4-6-18/h2-15H,16H2,1H3,(H,24,25,26)/b14-9+. The van der Waals surface area contributed by atoms with Gasteiger partial charge in [0.1, 0.15) is 18.2 Å². The first-order valence-electron chi connectivity index (χ1n) is 8.94. The topological polar surface area (TPSA) is 77.5 Å². The van der Waals surface area contributed by atoms with Crippen molar-refractivity contribution in [2.24, 2.45) is 0 Å². The number of carbonyl (C=O) groups excluding carboxylic acids is 2. The average Bonchev–Trinajstić information content (AvgIpc) is 2.77. The molecular weight excluding hydrogens is 368 g/mol. The van der Waals surface area contributed by atoms with Crippen LogP contribution in [0.1, 0.15) is 21.5 Å². The lowest BCUT2D eigenvalue weighted by atomic mass is 10.2. The highest BCUT2D eigenvalue weighted by Gasteiger charge is 2.06. The molecule has 0 saturated carbocycles. The minimum atomic E-state index is -0.480. The van der Waals surface area contributed by atoms with Crippen molar-refractivity contribution >= 4 is 23.8 Å². The van der Waals surface area contributed by atoms with Gasteiger partial charge < -0.3 is 14.8 Å². The molecule has 0 aliphatic rings. The number of hydrogen-bond donors (Lipinski definition) is 1. The quantitative estimate of drug-likeness (QED) is 0.487. The number of anilines is 1. The molecule has 0 atom stereocenters. The lowest BCUT2D eigenvalue weighted by molar-refractivity contribution is -0.111. The maximum atomic E-state index is 12.0. The Balaban J connectivity index is 1.51. The van der Waals surface area contributed by atoms with E-state index >= 15 is 0 Å². The molecule has 1 aromatic heterocycles. The van der Waals surface area contributed by atoms with Crippen molar-refractivity contribution in [2.45, 2.75) is 6.61 Å². The van der Waals surface area contributed by atoms with Crippen LogP contribution in [-0.2, 0) is 16.1 Å². The molecule has 2 aromatic carbocycles. The zero-order chi connectivity index (χ0) is 20.5. The highest BCUT2D eigenvalue weighted by Crippen LogP contribution is 2.15. The van der Waals surface area contributed by atoms with Crippen molar-refractivity contribution in [1.82, 2.24) is 4.98 Å². The van der Waals surface area contributed by atoms with Gasteiger partial charge in [-0.2, -0.15) is 0 Å². The maximum Gasteiger partial charge on any atom is 0.339 e. The fourth-order valence-corrected chi connectivity index (χ4v) is 2.46. The van der Waals surface area contributed by atoms with Gasteiger partial charge in [-0.15, -0.1) is 0 Å². The van der Waals surface area contributed by atoms with E-state index in [-0.39, 0.29) is 5.91 Å². The van der Waals surface area contributed by atoms with Crippen LogP contribution in [0.5, 0.6) is 5.75 Å². The minimum Gasteiger partial charge on any atom is -0.489 e. The van der Waals surface area contributed by atoms with Crippen molar-refractivity contribution in [2.75, 3.05) is 12.4 Å². The number of pyridine rings is 1. The minimum absolute atomic E-state index is 0.315. The van der Waals surface area contributed by atoms with Gasteiger partial charge >= 0.3 is 5.97 Å². The number of carbonyl (C=O) groups is 2. The van der Waals surface area contributed by atoms with E-state index < -0.39 is 5.97 Å². The lowest BCUT2D eigenvalue weighted by Crippen LogP contribution is -2.10. The molecule has 6 nitrogen and oxygen atoms in total. The summed E-state index contributed by atoms with van der Waals surface area (Å²) in [5.41, 5.74) is 2.28. The monoisotopic (exact) mass is 388 g/mol. The third kappa shape index (κ3) is 6.04. The molecule has 1 amide bonds. The molecule has 3 aromatic rings. The molecule has 0 bridgehead atoms. The predicted octanol–water partition coefficient (Wildman–Crippen LogP) is 4.10. The average molecular weight is 388 g/mol. The normalized spacial score (nSPS) is 10.5. The smallest absolute Gasteiger partial charge is 0.339 e. The van der Waals surface area contributed by atoms with Gasteiger partial charge in [-0.3, -0.25) is 4.79 Å². The highest BCUT2D eigenvalue weighted by molar-refractivity contribution is 6.01. The third-order valence-electron chi connectivity index (χ3n) is 3.99. The number of hydrogen-bond acceptors (Lipinski definition) is 5. The molecule has 0 spiro atoms. The summed E-state index contributed by atoms with van der Waals surface area (Å²) in [5.74, 6) is 0.293. The van der Waals surface area contributed by atoms with Crippen molar-refractivity contribution in [3.05, 3.63) is 95.7 Å². The van der Waals surface area contributed by atoms with E-state index in [0.29, 0.717) is 18.0 Å². The number of ether oxygens (including phenoxy) is 2. The molecule has 0 aliphatic heterocycles. The Bertz CT molecular complexity index is 982. The molecule has 6 heteroatoms. The van der Waals surface area contributed by atoms with Crippen LogP contribution in [0.25, 0.3) is 6.08 Å². The number of nitrogens with zero attached hydrogens (tertiary/aromatic N) is 1. The first-order valence-corrected chi connectivity index (χ1v) is 8.94. The van der Waals surface area contributed by atoms with Gasteiger partial charge in [0, 0.05) is 12.3 Å². The Hall–Kier alpha value is -3.93. The summed E-state index contributed by atoms with van der Waals surface area (Å²) < 4.78 is 10.3. The number of methoxy groups -OCH3 is 1. The van der Waals surface area contributed by atoms with E-state index in [1.54, 1.807) is 6.08 Å². The number of nitrogens with one attached hydrogen (secondary N) is 1. The molecule has 0 radical (unpaired) electrons. The van der Waals surface area contributed by atoms with E-state index in [0.717, 1.165) is 16.9 Å². The summed E-state index contributed by atoms with van der Waals surface area (Å²) in [4.78, 5) is 27.4. The Morgan fingerprint density at radius 1 is 1.00 bits per heavy atom. The Morgan fingerprint density at radius 3 is 2.41 bits per heavy atom. The predicted molar refractivity (Wildman–Crippen MR) is 110 cm³/mol. The number of amides is 1. The SMILES string of the molecule is COC(=O)c1ccc(NC(=O)/C=C/c2ccc(OCc3ccccc3)cc2)nc1. The summed E-state index contributed by atoms with van der Waals surface area (Å²) in [6.45, 7) is 0.500. The summed E-state index contributed by atoms with van der Waals surface area (Å²) in [6, 6.07) is 20.4. The van der Waals surface area contributed by atoms with Crippen LogP contribution in [0, 0.1) is 0 Å². The zero-order valence-electron chi connectivity index (χ0n) is 15.9. The van der Waals surface area contributed by atoms with Crippen molar-refractivity contribution in [3.8, 4) is 5.75 Å². The first kappa shape index (κ1) is 19.8. The summed E-state index contributed by atoms with van der Waals surface area (Å²) in [6.07, 6.45) is 4.45. The van der Waals surface area contributed by atoms with Gasteiger partial charge in [0.25, 0.3) is 0 Å². The maximum absolute atomic E-state index is 12.0. The fourth-order valence-electron chi connectivity index (χ4n) is 2.46. The van der Waals surface area contributed by atoms with Crippen molar-refractivity contribution in [1.29, 1.82) is 0 Å². The molecule has 3 rings (SSSR count). The largest absolute Gasteiger partial charge is 0.489 e. The van der Waals surface area contributed by atoms with Gasteiger partial charge in [0.15, 0.2) is 0 Å². The summed E-state index contributed by atoms with van der Waals surface area (Å²) in [5, 5.41) is 2.63. The van der Waals surface area contributed by atoms with Crippen molar-refractivity contribution in [3.63, 3.8) is 0 Å². The van der Waals surface area contributed by atoms with E-state index in [4.69, 9.17) is 4.74 Å². The van der Waals surface area contributed by atoms with Crippen LogP contribution in [0.2, 0.25) is 0 Å². The second kappa shape index (κ2) is 9.85. The number of aromatic nitrogens is 1.